The SMILES string of the molecule is CC1OCC(NC(=O)CCl)C1C. The number of rotatable bonds is 2. The van der Waals surface area contributed by atoms with Crippen molar-refractivity contribution in [2.24, 2.45) is 5.92 Å². The molecule has 1 heterocycles. The van der Waals surface area contributed by atoms with Crippen LogP contribution < -0.4 is 5.32 Å². The topological polar surface area (TPSA) is 38.3 Å². The molecule has 3 nitrogen and oxygen atoms in total. The molecule has 0 spiro atoms. The normalized spacial score (nSPS) is 35.1. The molecule has 0 saturated carbocycles. The van der Waals surface area contributed by atoms with Gasteiger partial charge in [0.25, 0.3) is 0 Å². The van der Waals surface area contributed by atoms with Gasteiger partial charge in [0.05, 0.1) is 18.8 Å². The maximum Gasteiger partial charge on any atom is 0.235 e. The Hall–Kier alpha value is -0.280. The number of carbonyl (C=O) groups excluding carboxylic acids is 1. The number of nitrogens with one attached hydrogen (secondary N) is 1. The average molecular weight is 192 g/mol. The lowest BCUT2D eigenvalue weighted by Crippen LogP contribution is -2.40. The van der Waals surface area contributed by atoms with E-state index in [2.05, 4.69) is 12.2 Å². The van der Waals surface area contributed by atoms with Gasteiger partial charge in [0, 0.05) is 5.92 Å². The quantitative estimate of drug-likeness (QED) is 0.655. The highest BCUT2D eigenvalue weighted by Gasteiger charge is 2.31. The maximum atomic E-state index is 10.9. The smallest absolute Gasteiger partial charge is 0.235 e. The number of halogens is 1. The number of carbonyl (C=O) groups is 1. The molecule has 70 valence electrons. The third-order valence-electron chi connectivity index (χ3n) is 2.38. The van der Waals surface area contributed by atoms with E-state index in [9.17, 15) is 4.79 Å². The third kappa shape index (κ3) is 2.11. The molecule has 3 unspecified atom stereocenters. The van der Waals surface area contributed by atoms with Crippen molar-refractivity contribution in [3.63, 3.8) is 0 Å². The molecule has 3 atom stereocenters. The molecule has 4 heteroatoms. The van der Waals surface area contributed by atoms with Crippen LogP contribution in [0.5, 0.6) is 0 Å². The van der Waals surface area contributed by atoms with E-state index in [1.807, 2.05) is 6.92 Å². The molecule has 12 heavy (non-hydrogen) atoms. The van der Waals surface area contributed by atoms with Crippen LogP contribution in [0.25, 0.3) is 0 Å². The van der Waals surface area contributed by atoms with Crippen molar-refractivity contribution in [2.45, 2.75) is 26.0 Å². The fraction of sp³-hybridized carbons (Fsp3) is 0.875. The second kappa shape index (κ2) is 4.10. The van der Waals surface area contributed by atoms with E-state index in [1.165, 1.54) is 0 Å². The number of hydrogen-bond acceptors (Lipinski definition) is 2. The monoisotopic (exact) mass is 191 g/mol. The molecule has 1 aliphatic heterocycles. The molecular weight excluding hydrogens is 178 g/mol. The van der Waals surface area contributed by atoms with E-state index in [0.29, 0.717) is 12.5 Å². The third-order valence-corrected chi connectivity index (χ3v) is 2.62. The molecule has 0 radical (unpaired) electrons. The molecule has 1 rings (SSSR count). The maximum absolute atomic E-state index is 10.9. The number of amides is 1. The molecule has 1 saturated heterocycles. The summed E-state index contributed by atoms with van der Waals surface area (Å²) in [5.74, 6) is 0.279. The van der Waals surface area contributed by atoms with Gasteiger partial charge in [-0.15, -0.1) is 11.6 Å². The summed E-state index contributed by atoms with van der Waals surface area (Å²) in [5.41, 5.74) is 0. The molecule has 1 N–H and O–H groups in total. The van der Waals surface area contributed by atoms with Crippen molar-refractivity contribution in [1.82, 2.24) is 5.32 Å². The first-order valence-electron chi connectivity index (χ1n) is 4.12. The van der Waals surface area contributed by atoms with Gasteiger partial charge in [0.2, 0.25) is 5.91 Å². The Bertz CT molecular complexity index is 174. The second-order valence-electron chi connectivity index (χ2n) is 3.21. The fourth-order valence-electron chi connectivity index (χ4n) is 1.30. The van der Waals surface area contributed by atoms with Gasteiger partial charge in [-0.2, -0.15) is 0 Å². The van der Waals surface area contributed by atoms with Crippen molar-refractivity contribution in [3.05, 3.63) is 0 Å². The Balaban J connectivity index is 2.38. The lowest BCUT2D eigenvalue weighted by atomic mass is 10.0. The molecule has 0 aromatic heterocycles. The highest BCUT2D eigenvalue weighted by molar-refractivity contribution is 6.27. The minimum absolute atomic E-state index is 0.0254. The summed E-state index contributed by atoms with van der Waals surface area (Å²) in [6, 6.07) is 0.131. The van der Waals surface area contributed by atoms with Gasteiger partial charge in [0.1, 0.15) is 5.88 Å². The lowest BCUT2D eigenvalue weighted by molar-refractivity contribution is -0.119. The van der Waals surface area contributed by atoms with Gasteiger partial charge in [-0.05, 0) is 6.92 Å². The Morgan fingerprint density at radius 3 is 2.75 bits per heavy atom. The Kier molecular flexibility index (Phi) is 3.35. The van der Waals surface area contributed by atoms with Gasteiger partial charge >= 0.3 is 0 Å². The number of alkyl halides is 1. The van der Waals surface area contributed by atoms with Crippen LogP contribution in [0.15, 0.2) is 0 Å². The molecule has 0 aromatic carbocycles. The number of ether oxygens (including phenoxy) is 1. The van der Waals surface area contributed by atoms with Crippen LogP contribution >= 0.6 is 11.6 Å². The van der Waals surface area contributed by atoms with E-state index < -0.39 is 0 Å². The van der Waals surface area contributed by atoms with Crippen LogP contribution in [-0.2, 0) is 9.53 Å². The Morgan fingerprint density at radius 1 is 1.67 bits per heavy atom. The van der Waals surface area contributed by atoms with Gasteiger partial charge in [-0.25, -0.2) is 0 Å². The van der Waals surface area contributed by atoms with Crippen LogP contribution in [0.3, 0.4) is 0 Å². The van der Waals surface area contributed by atoms with Gasteiger partial charge in [-0.1, -0.05) is 6.92 Å². The minimum Gasteiger partial charge on any atom is -0.376 e. The molecule has 1 fully saturated rings. The van der Waals surface area contributed by atoms with Crippen molar-refractivity contribution >= 4 is 17.5 Å². The summed E-state index contributed by atoms with van der Waals surface area (Å²) in [5, 5.41) is 2.81. The fourth-order valence-corrected chi connectivity index (χ4v) is 1.38. The number of hydrogen-bond donors (Lipinski definition) is 1. The van der Waals surface area contributed by atoms with E-state index in [-0.39, 0.29) is 23.9 Å². The first-order valence-corrected chi connectivity index (χ1v) is 4.65. The molecule has 1 aliphatic rings. The molecule has 0 aliphatic carbocycles. The first kappa shape index (κ1) is 9.81. The minimum atomic E-state index is -0.119. The lowest BCUT2D eigenvalue weighted by Gasteiger charge is -2.16. The summed E-state index contributed by atoms with van der Waals surface area (Å²) in [7, 11) is 0. The highest BCUT2D eigenvalue weighted by Crippen LogP contribution is 2.19. The van der Waals surface area contributed by atoms with Crippen LogP contribution in [0.1, 0.15) is 13.8 Å². The summed E-state index contributed by atoms with van der Waals surface area (Å²) in [6.45, 7) is 4.68. The summed E-state index contributed by atoms with van der Waals surface area (Å²) in [4.78, 5) is 10.9. The van der Waals surface area contributed by atoms with Crippen LogP contribution in [0.2, 0.25) is 0 Å². The van der Waals surface area contributed by atoms with Crippen molar-refractivity contribution in [1.29, 1.82) is 0 Å². The molecule has 0 bridgehead atoms. The Labute approximate surface area is 77.4 Å². The average Bonchev–Trinajstić information content (AvgIpc) is 2.36. The molecule has 0 aromatic rings. The first-order chi connectivity index (χ1) is 5.65. The zero-order valence-corrected chi connectivity index (χ0v) is 8.10. The van der Waals surface area contributed by atoms with Crippen LogP contribution in [-0.4, -0.2) is 30.5 Å². The zero-order valence-electron chi connectivity index (χ0n) is 7.34. The van der Waals surface area contributed by atoms with E-state index in [4.69, 9.17) is 16.3 Å². The van der Waals surface area contributed by atoms with Gasteiger partial charge in [-0.3, -0.25) is 4.79 Å². The van der Waals surface area contributed by atoms with Crippen molar-refractivity contribution < 1.29 is 9.53 Å². The summed E-state index contributed by atoms with van der Waals surface area (Å²) in [6.07, 6.45) is 0.227. The largest absolute Gasteiger partial charge is 0.376 e. The van der Waals surface area contributed by atoms with E-state index in [1.54, 1.807) is 0 Å². The van der Waals surface area contributed by atoms with Crippen molar-refractivity contribution in [2.75, 3.05) is 12.5 Å². The van der Waals surface area contributed by atoms with Gasteiger partial charge in [0.15, 0.2) is 0 Å². The summed E-state index contributed by atoms with van der Waals surface area (Å²) >= 11 is 5.36. The Morgan fingerprint density at radius 2 is 2.33 bits per heavy atom. The summed E-state index contributed by atoms with van der Waals surface area (Å²) < 4.78 is 5.37. The standard InChI is InChI=1S/C8H14ClNO2/c1-5-6(2)12-4-7(5)10-8(11)3-9/h5-7H,3-4H2,1-2H3,(H,10,11). The zero-order chi connectivity index (χ0) is 9.14. The van der Waals surface area contributed by atoms with Crippen LogP contribution in [0, 0.1) is 5.92 Å². The predicted molar refractivity (Wildman–Crippen MR) is 47.2 cm³/mol. The van der Waals surface area contributed by atoms with Gasteiger partial charge < -0.3 is 10.1 Å². The highest BCUT2D eigenvalue weighted by atomic mass is 35.5. The van der Waals surface area contributed by atoms with E-state index in [0.717, 1.165) is 0 Å². The predicted octanol–water partition coefficient (Wildman–Crippen LogP) is 0.765. The molecular formula is C8H14ClNO2. The second-order valence-corrected chi connectivity index (χ2v) is 3.47. The molecule has 1 amide bonds. The van der Waals surface area contributed by atoms with E-state index >= 15 is 0 Å². The van der Waals surface area contributed by atoms with Crippen LogP contribution in [0.4, 0.5) is 0 Å². The van der Waals surface area contributed by atoms with Crippen molar-refractivity contribution in [3.8, 4) is 0 Å².